The highest BCUT2D eigenvalue weighted by atomic mass is 35.5. The van der Waals surface area contributed by atoms with E-state index in [1.807, 2.05) is 26.0 Å². The van der Waals surface area contributed by atoms with Gasteiger partial charge in [0.1, 0.15) is 5.82 Å². The number of hydrogen-bond donors (Lipinski definition) is 1. The number of hydrogen-bond acceptors (Lipinski definition) is 4. The van der Waals surface area contributed by atoms with Crippen molar-refractivity contribution in [3.05, 3.63) is 74.1 Å². The standard InChI is InChI=1S/C20H21ClFN3O2/c1-12-7-14(9-15(22)8-12)10-25-11-18(27-3)19(26)24-20(25)23-17-6-4-5-16(21)13(17)2/h5,7-9,11H,4,6,10H2,1-3H3,(H,23,24,26). The molecule has 0 bridgehead atoms. The fourth-order valence-electron chi connectivity index (χ4n) is 3.05. The molecular formula is C20H21ClFN3O2. The van der Waals surface area contributed by atoms with E-state index >= 15 is 0 Å². The van der Waals surface area contributed by atoms with Crippen LogP contribution in [0.2, 0.25) is 0 Å². The topological polar surface area (TPSA) is 56.1 Å². The molecule has 3 rings (SSSR count). The van der Waals surface area contributed by atoms with Gasteiger partial charge in [0, 0.05) is 10.7 Å². The fourth-order valence-corrected chi connectivity index (χ4v) is 3.28. The number of aryl methyl sites for hydroxylation is 1. The van der Waals surface area contributed by atoms with Gasteiger partial charge in [-0.25, -0.2) is 4.39 Å². The lowest BCUT2D eigenvalue weighted by Gasteiger charge is -2.20. The second-order valence-electron chi connectivity index (χ2n) is 6.52. The molecule has 27 heavy (non-hydrogen) atoms. The van der Waals surface area contributed by atoms with Crippen molar-refractivity contribution in [2.75, 3.05) is 12.4 Å². The predicted octanol–water partition coefficient (Wildman–Crippen LogP) is 4.35. The first kappa shape index (κ1) is 19.2. The number of methoxy groups -OCH3 is 1. The van der Waals surface area contributed by atoms with Crippen LogP contribution in [0.3, 0.4) is 0 Å². The summed E-state index contributed by atoms with van der Waals surface area (Å²) in [5.41, 5.74) is 2.94. The zero-order chi connectivity index (χ0) is 19.6. The van der Waals surface area contributed by atoms with Crippen LogP contribution in [0.4, 0.5) is 10.3 Å². The molecule has 7 heteroatoms. The van der Waals surface area contributed by atoms with Gasteiger partial charge in [-0.1, -0.05) is 23.7 Å². The number of ether oxygens (including phenoxy) is 1. The molecule has 1 aliphatic carbocycles. The van der Waals surface area contributed by atoms with Crippen molar-refractivity contribution in [1.82, 2.24) is 9.55 Å². The SMILES string of the molecule is COc1cn(Cc2cc(C)cc(F)c2)c(NC2=C(C)C(Cl)=CCC2)nc1=O. The fraction of sp³-hybridized carbons (Fsp3) is 0.300. The van der Waals surface area contributed by atoms with Crippen LogP contribution in [0.15, 0.2) is 51.6 Å². The number of halogens is 2. The van der Waals surface area contributed by atoms with Crippen LogP contribution in [0, 0.1) is 12.7 Å². The molecule has 1 N–H and O–H groups in total. The van der Waals surface area contributed by atoms with E-state index in [-0.39, 0.29) is 11.6 Å². The van der Waals surface area contributed by atoms with Crippen molar-refractivity contribution in [3.63, 3.8) is 0 Å². The lowest BCUT2D eigenvalue weighted by Crippen LogP contribution is -2.21. The van der Waals surface area contributed by atoms with E-state index in [1.54, 1.807) is 10.8 Å². The molecule has 0 spiro atoms. The van der Waals surface area contributed by atoms with E-state index in [0.717, 1.165) is 35.2 Å². The zero-order valence-corrected chi connectivity index (χ0v) is 16.2. The van der Waals surface area contributed by atoms with Crippen LogP contribution in [0.5, 0.6) is 5.75 Å². The molecule has 5 nitrogen and oxygen atoms in total. The summed E-state index contributed by atoms with van der Waals surface area (Å²) in [7, 11) is 1.42. The molecule has 0 radical (unpaired) electrons. The minimum absolute atomic E-state index is 0.126. The lowest BCUT2D eigenvalue weighted by molar-refractivity contribution is 0.402. The van der Waals surface area contributed by atoms with Gasteiger partial charge >= 0.3 is 5.56 Å². The largest absolute Gasteiger partial charge is 0.490 e. The Hall–Kier alpha value is -2.60. The van der Waals surface area contributed by atoms with Crippen LogP contribution >= 0.6 is 11.6 Å². The van der Waals surface area contributed by atoms with Gasteiger partial charge in [0.15, 0.2) is 0 Å². The molecule has 1 aromatic heterocycles. The molecule has 0 unspecified atom stereocenters. The molecule has 0 atom stereocenters. The predicted molar refractivity (Wildman–Crippen MR) is 105 cm³/mol. The second kappa shape index (κ2) is 7.96. The average Bonchev–Trinajstić information content (AvgIpc) is 2.60. The van der Waals surface area contributed by atoms with E-state index in [2.05, 4.69) is 10.3 Å². The number of nitrogens with one attached hydrogen (secondary N) is 1. The van der Waals surface area contributed by atoms with E-state index in [1.165, 1.54) is 19.2 Å². The van der Waals surface area contributed by atoms with Crippen molar-refractivity contribution in [3.8, 4) is 5.75 Å². The third kappa shape index (κ3) is 4.39. The van der Waals surface area contributed by atoms with Gasteiger partial charge in [-0.2, -0.15) is 4.98 Å². The van der Waals surface area contributed by atoms with Crippen LogP contribution in [0.25, 0.3) is 0 Å². The molecule has 1 aliphatic rings. The molecule has 0 fully saturated rings. The Kier molecular flexibility index (Phi) is 5.65. The third-order valence-electron chi connectivity index (χ3n) is 4.43. The van der Waals surface area contributed by atoms with E-state index in [0.29, 0.717) is 17.5 Å². The van der Waals surface area contributed by atoms with Crippen LogP contribution < -0.4 is 15.6 Å². The summed E-state index contributed by atoms with van der Waals surface area (Å²) in [6, 6.07) is 4.83. The first-order valence-corrected chi connectivity index (χ1v) is 8.99. The van der Waals surface area contributed by atoms with Gasteiger partial charge in [-0.05, 0) is 55.5 Å². The van der Waals surface area contributed by atoms with Gasteiger partial charge in [0.05, 0.1) is 19.9 Å². The van der Waals surface area contributed by atoms with Crippen molar-refractivity contribution >= 4 is 17.5 Å². The monoisotopic (exact) mass is 389 g/mol. The Morgan fingerprint density at radius 2 is 2.11 bits per heavy atom. The molecule has 0 saturated carbocycles. The first-order chi connectivity index (χ1) is 12.9. The van der Waals surface area contributed by atoms with Crippen molar-refractivity contribution in [1.29, 1.82) is 0 Å². The lowest BCUT2D eigenvalue weighted by atomic mass is 10.0. The summed E-state index contributed by atoms with van der Waals surface area (Å²) in [4.78, 5) is 16.3. The van der Waals surface area contributed by atoms with Crippen LogP contribution in [-0.2, 0) is 6.54 Å². The summed E-state index contributed by atoms with van der Waals surface area (Å²) in [5, 5.41) is 3.92. The molecule has 0 aliphatic heterocycles. The summed E-state index contributed by atoms with van der Waals surface area (Å²) < 4.78 is 20.6. The Labute approximate surface area is 162 Å². The van der Waals surface area contributed by atoms with Crippen molar-refractivity contribution in [2.45, 2.75) is 33.2 Å². The van der Waals surface area contributed by atoms with Gasteiger partial charge in [-0.15, -0.1) is 0 Å². The first-order valence-electron chi connectivity index (χ1n) is 8.61. The maximum atomic E-state index is 13.8. The highest BCUT2D eigenvalue weighted by molar-refractivity contribution is 6.32. The number of anilines is 1. The zero-order valence-electron chi connectivity index (χ0n) is 15.5. The number of rotatable bonds is 5. The van der Waals surface area contributed by atoms with E-state index in [4.69, 9.17) is 16.3 Å². The average molecular weight is 390 g/mol. The molecule has 2 aromatic rings. The number of aromatic nitrogens is 2. The second-order valence-corrected chi connectivity index (χ2v) is 6.93. The van der Waals surface area contributed by atoms with Crippen molar-refractivity contribution < 1.29 is 9.13 Å². The minimum atomic E-state index is -0.470. The third-order valence-corrected chi connectivity index (χ3v) is 4.87. The quantitative estimate of drug-likeness (QED) is 0.826. The Balaban J connectivity index is 2.02. The Bertz CT molecular complexity index is 975. The maximum Gasteiger partial charge on any atom is 0.316 e. The molecule has 1 heterocycles. The number of nitrogens with zero attached hydrogens (tertiary/aromatic N) is 2. The molecule has 142 valence electrons. The molecular weight excluding hydrogens is 369 g/mol. The molecule has 1 aromatic carbocycles. The highest BCUT2D eigenvalue weighted by Crippen LogP contribution is 2.28. The van der Waals surface area contributed by atoms with Crippen molar-refractivity contribution in [2.24, 2.45) is 0 Å². The maximum absolute atomic E-state index is 13.8. The number of allylic oxidation sites excluding steroid dienone is 4. The Morgan fingerprint density at radius 1 is 1.33 bits per heavy atom. The van der Waals surface area contributed by atoms with Crippen LogP contribution in [0.1, 0.15) is 30.9 Å². The molecule has 0 amide bonds. The normalized spacial score (nSPS) is 14.2. The van der Waals surface area contributed by atoms with Gasteiger partial charge in [0.2, 0.25) is 11.7 Å². The van der Waals surface area contributed by atoms with Gasteiger partial charge in [-0.3, -0.25) is 4.79 Å². The summed E-state index contributed by atoms with van der Waals surface area (Å²) in [5.74, 6) is 0.188. The van der Waals surface area contributed by atoms with Gasteiger partial charge in [0.25, 0.3) is 0 Å². The Morgan fingerprint density at radius 3 is 2.81 bits per heavy atom. The summed E-state index contributed by atoms with van der Waals surface area (Å²) in [6.45, 7) is 4.09. The molecule has 0 saturated heterocycles. The smallest absolute Gasteiger partial charge is 0.316 e. The van der Waals surface area contributed by atoms with Gasteiger partial charge < -0.3 is 14.6 Å². The van der Waals surface area contributed by atoms with E-state index in [9.17, 15) is 9.18 Å². The number of benzene rings is 1. The summed E-state index contributed by atoms with van der Waals surface area (Å²) in [6.07, 6.45) is 5.12. The highest BCUT2D eigenvalue weighted by Gasteiger charge is 2.15. The summed E-state index contributed by atoms with van der Waals surface area (Å²) >= 11 is 6.22. The van der Waals surface area contributed by atoms with Crippen LogP contribution in [-0.4, -0.2) is 16.7 Å². The minimum Gasteiger partial charge on any atom is -0.490 e. The van der Waals surface area contributed by atoms with E-state index < -0.39 is 5.56 Å².